The van der Waals surface area contributed by atoms with E-state index in [2.05, 4.69) is 12.2 Å². The lowest BCUT2D eigenvalue weighted by Gasteiger charge is -2.38. The number of carbonyl (C=O) groups is 1. The molecule has 7 heteroatoms. The molecule has 138 valence electrons. The van der Waals surface area contributed by atoms with Gasteiger partial charge in [0.05, 0.1) is 12.2 Å². The van der Waals surface area contributed by atoms with Crippen LogP contribution >= 0.6 is 0 Å². The predicted molar refractivity (Wildman–Crippen MR) is 83.1 cm³/mol. The van der Waals surface area contributed by atoms with Crippen LogP contribution in [0.25, 0.3) is 0 Å². The van der Waals surface area contributed by atoms with Gasteiger partial charge < -0.3 is 10.1 Å². The average molecular weight is 359 g/mol. The summed E-state index contributed by atoms with van der Waals surface area (Å²) in [7, 11) is 0. The van der Waals surface area contributed by atoms with Gasteiger partial charge in [-0.1, -0.05) is 6.92 Å². The second-order valence-corrected chi connectivity index (χ2v) is 7.15. The Morgan fingerprint density at radius 1 is 1.28 bits per heavy atom. The number of hydrogen-bond acceptors (Lipinski definition) is 2. The van der Waals surface area contributed by atoms with Crippen LogP contribution in [0.15, 0.2) is 18.2 Å². The summed E-state index contributed by atoms with van der Waals surface area (Å²) in [6.45, 7) is 2.40. The van der Waals surface area contributed by atoms with Gasteiger partial charge in [-0.25, -0.2) is 4.39 Å². The number of nitrogens with one attached hydrogen (secondary N) is 1. The Morgan fingerprint density at radius 2 is 2.00 bits per heavy atom. The van der Waals surface area contributed by atoms with Crippen LogP contribution in [0.2, 0.25) is 0 Å². The van der Waals surface area contributed by atoms with E-state index in [-0.39, 0.29) is 23.9 Å². The molecule has 3 rings (SSSR count). The highest BCUT2D eigenvalue weighted by Gasteiger charge is 2.53. The highest BCUT2D eigenvalue weighted by atomic mass is 19.4. The summed E-state index contributed by atoms with van der Waals surface area (Å²) >= 11 is 0. The van der Waals surface area contributed by atoms with E-state index >= 15 is 0 Å². The number of hydrogen-bond donors (Lipinski definition) is 1. The summed E-state index contributed by atoms with van der Waals surface area (Å²) in [4.78, 5) is 12.7. The minimum absolute atomic E-state index is 0.0794. The van der Waals surface area contributed by atoms with Crippen LogP contribution in [0.3, 0.4) is 0 Å². The summed E-state index contributed by atoms with van der Waals surface area (Å²) in [5, 5.41) is 2.65. The van der Waals surface area contributed by atoms with E-state index in [9.17, 15) is 22.4 Å². The van der Waals surface area contributed by atoms with E-state index in [1.807, 2.05) is 0 Å². The Kier molecular flexibility index (Phi) is 4.79. The van der Waals surface area contributed by atoms with Gasteiger partial charge in [-0.3, -0.25) is 4.79 Å². The summed E-state index contributed by atoms with van der Waals surface area (Å²) in [6, 6.07) is 2.31. The smallest absolute Gasteiger partial charge is 0.365 e. The molecule has 1 amide bonds. The van der Waals surface area contributed by atoms with Gasteiger partial charge in [-0.15, -0.1) is 0 Å². The van der Waals surface area contributed by atoms with Crippen molar-refractivity contribution in [3.63, 3.8) is 0 Å². The fourth-order valence-corrected chi connectivity index (χ4v) is 3.39. The van der Waals surface area contributed by atoms with Crippen molar-refractivity contribution in [1.29, 1.82) is 0 Å². The number of halogens is 4. The molecule has 1 aliphatic heterocycles. The first-order valence-corrected chi connectivity index (χ1v) is 8.49. The SMILES string of the molecule is C[C@@H]1CC[C@@](C(=O)NCc2cc(F)cc(C(F)(F)F)c2)(C2CC2)OC1. The highest BCUT2D eigenvalue weighted by molar-refractivity contribution is 5.86. The number of carbonyl (C=O) groups excluding carboxylic acids is 1. The van der Waals surface area contributed by atoms with E-state index in [4.69, 9.17) is 4.74 Å². The van der Waals surface area contributed by atoms with Crippen molar-refractivity contribution in [2.75, 3.05) is 6.61 Å². The number of ether oxygens (including phenoxy) is 1. The maximum atomic E-state index is 13.5. The molecule has 0 aromatic heterocycles. The molecule has 3 nitrogen and oxygen atoms in total. The third-order valence-electron chi connectivity index (χ3n) is 4.99. The second kappa shape index (κ2) is 6.59. The van der Waals surface area contributed by atoms with E-state index in [1.165, 1.54) is 0 Å². The zero-order valence-electron chi connectivity index (χ0n) is 14.0. The maximum absolute atomic E-state index is 13.5. The molecule has 0 spiro atoms. The molecule has 0 unspecified atom stereocenters. The first-order valence-electron chi connectivity index (χ1n) is 8.49. The molecule has 1 saturated heterocycles. The summed E-state index contributed by atoms with van der Waals surface area (Å²) < 4.78 is 57.7. The molecule has 2 aliphatic rings. The average Bonchev–Trinajstić information content (AvgIpc) is 3.37. The normalized spacial score (nSPS) is 27.2. The number of rotatable bonds is 4. The van der Waals surface area contributed by atoms with E-state index < -0.39 is 23.2 Å². The molecule has 2 atom stereocenters. The Labute approximate surface area is 143 Å². The maximum Gasteiger partial charge on any atom is 0.416 e. The number of alkyl halides is 3. The zero-order chi connectivity index (χ0) is 18.2. The molecule has 2 fully saturated rings. The molecule has 1 aliphatic carbocycles. The minimum Gasteiger partial charge on any atom is -0.365 e. The van der Waals surface area contributed by atoms with Crippen LogP contribution in [-0.4, -0.2) is 18.1 Å². The van der Waals surface area contributed by atoms with Gasteiger partial charge in [0.25, 0.3) is 5.91 Å². The van der Waals surface area contributed by atoms with Crippen molar-refractivity contribution in [1.82, 2.24) is 5.32 Å². The van der Waals surface area contributed by atoms with Crippen LogP contribution in [-0.2, 0) is 22.3 Å². The molecule has 1 N–H and O–H groups in total. The second-order valence-electron chi connectivity index (χ2n) is 7.15. The van der Waals surface area contributed by atoms with Crippen LogP contribution < -0.4 is 5.32 Å². The van der Waals surface area contributed by atoms with Crippen molar-refractivity contribution in [3.8, 4) is 0 Å². The zero-order valence-corrected chi connectivity index (χ0v) is 14.0. The van der Waals surface area contributed by atoms with Gasteiger partial charge in [0.15, 0.2) is 0 Å². The van der Waals surface area contributed by atoms with Crippen LogP contribution in [0, 0.1) is 17.7 Å². The van der Waals surface area contributed by atoms with Gasteiger partial charge >= 0.3 is 6.18 Å². The first kappa shape index (κ1) is 18.2. The minimum atomic E-state index is -4.63. The monoisotopic (exact) mass is 359 g/mol. The van der Waals surface area contributed by atoms with Crippen molar-refractivity contribution < 1.29 is 27.1 Å². The first-order chi connectivity index (χ1) is 11.7. The van der Waals surface area contributed by atoms with Gasteiger partial charge in [0.2, 0.25) is 0 Å². The van der Waals surface area contributed by atoms with Gasteiger partial charge in [0, 0.05) is 6.54 Å². The van der Waals surface area contributed by atoms with Crippen LogP contribution in [0.5, 0.6) is 0 Å². The lowest BCUT2D eigenvalue weighted by molar-refractivity contribution is -0.162. The molecule has 0 bridgehead atoms. The summed E-state index contributed by atoms with van der Waals surface area (Å²) in [6.07, 6.45) is -1.30. The Morgan fingerprint density at radius 3 is 2.56 bits per heavy atom. The lowest BCUT2D eigenvalue weighted by atomic mass is 9.84. The molecule has 1 aromatic carbocycles. The number of amides is 1. The van der Waals surface area contributed by atoms with E-state index in [1.54, 1.807) is 0 Å². The number of benzene rings is 1. The molecule has 1 aromatic rings. The fraction of sp³-hybridized carbons (Fsp3) is 0.611. The van der Waals surface area contributed by atoms with Crippen LogP contribution in [0.1, 0.15) is 43.7 Å². The predicted octanol–water partition coefficient (Wildman–Crippen LogP) is 4.06. The van der Waals surface area contributed by atoms with Gasteiger partial charge in [-0.2, -0.15) is 13.2 Å². The van der Waals surface area contributed by atoms with Crippen molar-refractivity contribution >= 4 is 5.91 Å². The molecular weight excluding hydrogens is 338 g/mol. The third kappa shape index (κ3) is 3.97. The van der Waals surface area contributed by atoms with E-state index in [0.29, 0.717) is 25.0 Å². The Bertz CT molecular complexity index is 647. The molecule has 0 radical (unpaired) electrons. The summed E-state index contributed by atoms with van der Waals surface area (Å²) in [5.41, 5.74) is -1.86. The highest BCUT2D eigenvalue weighted by Crippen LogP contribution is 2.47. The standard InChI is InChI=1S/C18H21F4NO2/c1-11-4-5-17(25-10-11,13-2-3-13)16(24)23-9-12-6-14(18(20,21)22)8-15(19)7-12/h6-8,11,13H,2-5,9-10H2,1H3,(H,23,24)/t11-,17+/m1/s1. The van der Waals surface area contributed by atoms with Crippen molar-refractivity contribution in [2.24, 2.45) is 11.8 Å². The Hall–Kier alpha value is -1.63. The fourth-order valence-electron chi connectivity index (χ4n) is 3.39. The molecule has 1 heterocycles. The largest absolute Gasteiger partial charge is 0.416 e. The third-order valence-corrected chi connectivity index (χ3v) is 4.99. The summed E-state index contributed by atoms with van der Waals surface area (Å²) in [5.74, 6) is -0.728. The van der Waals surface area contributed by atoms with Gasteiger partial charge in [-0.05, 0) is 61.3 Å². The molecule has 1 saturated carbocycles. The topological polar surface area (TPSA) is 38.3 Å². The van der Waals surface area contributed by atoms with Crippen molar-refractivity contribution in [2.45, 2.75) is 50.9 Å². The molecular formula is C18H21F4NO2. The van der Waals surface area contributed by atoms with Gasteiger partial charge in [0.1, 0.15) is 11.4 Å². The quantitative estimate of drug-likeness (QED) is 0.824. The van der Waals surface area contributed by atoms with Crippen LogP contribution in [0.4, 0.5) is 17.6 Å². The van der Waals surface area contributed by atoms with Crippen molar-refractivity contribution in [3.05, 3.63) is 35.1 Å². The lowest BCUT2D eigenvalue weighted by Crippen LogP contribution is -2.53. The Balaban J connectivity index is 1.70. The van der Waals surface area contributed by atoms with E-state index in [0.717, 1.165) is 31.4 Å². The molecule has 25 heavy (non-hydrogen) atoms.